The maximum atomic E-state index is 10.9. The summed E-state index contributed by atoms with van der Waals surface area (Å²) in [5.74, 6) is -1.39. The second-order valence-electron chi connectivity index (χ2n) is 2.20. The van der Waals surface area contributed by atoms with Crippen molar-refractivity contribution in [2.45, 2.75) is 0 Å². The highest BCUT2D eigenvalue weighted by atomic mass is 16.4. The fraction of sp³-hybridized carbons (Fsp3) is 0. The van der Waals surface area contributed by atoms with Crippen molar-refractivity contribution in [1.29, 1.82) is 0 Å². The van der Waals surface area contributed by atoms with Gasteiger partial charge in [-0.15, -0.1) is 0 Å². The van der Waals surface area contributed by atoms with E-state index >= 15 is 0 Å². The third-order valence-corrected chi connectivity index (χ3v) is 1.39. The van der Waals surface area contributed by atoms with Crippen LogP contribution in [-0.2, 0) is 0 Å². The Morgan fingerprint density at radius 1 is 1.62 bits per heavy atom. The van der Waals surface area contributed by atoms with Gasteiger partial charge in [0.15, 0.2) is 0 Å². The lowest BCUT2D eigenvalue weighted by Gasteiger charge is -1.97. The number of aromatic nitrogens is 2. The molecule has 6 nitrogen and oxygen atoms in total. The van der Waals surface area contributed by atoms with Crippen molar-refractivity contribution in [3.8, 4) is 0 Å². The second kappa shape index (κ2) is 3.10. The van der Waals surface area contributed by atoms with E-state index < -0.39 is 22.8 Å². The Morgan fingerprint density at radius 3 is 2.69 bits per heavy atom. The van der Waals surface area contributed by atoms with Crippen LogP contribution in [0.1, 0.15) is 10.4 Å². The third-order valence-electron chi connectivity index (χ3n) is 1.39. The first-order chi connectivity index (χ1) is 6.06. The van der Waals surface area contributed by atoms with E-state index in [2.05, 4.69) is 6.58 Å². The summed E-state index contributed by atoms with van der Waals surface area (Å²) in [5, 5.41) is 8.51. The number of carbonyl (C=O) groups is 1. The van der Waals surface area contributed by atoms with E-state index in [-0.39, 0.29) is 0 Å². The van der Waals surface area contributed by atoms with Crippen molar-refractivity contribution in [2.24, 2.45) is 0 Å². The summed E-state index contributed by atoms with van der Waals surface area (Å²) in [7, 11) is 0. The van der Waals surface area contributed by atoms with Crippen molar-refractivity contribution in [1.82, 2.24) is 9.55 Å². The van der Waals surface area contributed by atoms with Gasteiger partial charge >= 0.3 is 11.7 Å². The fourth-order valence-corrected chi connectivity index (χ4v) is 0.773. The smallest absolute Gasteiger partial charge is 0.342 e. The lowest BCUT2D eigenvalue weighted by Crippen LogP contribution is -2.31. The molecule has 0 saturated carbocycles. The predicted molar refractivity (Wildman–Crippen MR) is 44.7 cm³/mol. The fourth-order valence-electron chi connectivity index (χ4n) is 0.773. The van der Waals surface area contributed by atoms with Crippen LogP contribution in [0.25, 0.3) is 6.20 Å². The van der Waals surface area contributed by atoms with Crippen LogP contribution in [0.15, 0.2) is 22.4 Å². The minimum absolute atomic E-state index is 0.500. The Morgan fingerprint density at radius 2 is 2.23 bits per heavy atom. The number of H-pyrrole nitrogens is 1. The molecular formula is C7H6N2O4. The maximum Gasteiger partial charge on any atom is 0.342 e. The van der Waals surface area contributed by atoms with E-state index in [1.165, 1.54) is 0 Å². The molecule has 6 heteroatoms. The van der Waals surface area contributed by atoms with E-state index in [0.29, 0.717) is 0 Å². The highest BCUT2D eigenvalue weighted by Crippen LogP contribution is 1.87. The normalized spacial score (nSPS) is 9.54. The van der Waals surface area contributed by atoms with E-state index in [0.717, 1.165) is 17.0 Å². The van der Waals surface area contributed by atoms with Crippen LogP contribution in [-0.4, -0.2) is 20.6 Å². The van der Waals surface area contributed by atoms with Crippen molar-refractivity contribution < 1.29 is 9.90 Å². The molecule has 0 aromatic carbocycles. The molecule has 1 heterocycles. The Balaban J connectivity index is 3.57. The molecule has 0 radical (unpaired) electrons. The standard InChI is InChI=1S/C7H6N2O4/c1-2-9-3-4(6(11)12)5(10)8-7(9)13/h2-3H,1H2,(H,11,12)(H,8,10,13). The molecule has 0 bridgehead atoms. The Bertz CT molecular complexity index is 468. The number of nitrogens with zero attached hydrogens (tertiary/aromatic N) is 1. The monoisotopic (exact) mass is 182 g/mol. The van der Waals surface area contributed by atoms with Crippen LogP contribution in [0.2, 0.25) is 0 Å². The van der Waals surface area contributed by atoms with Crippen molar-refractivity contribution in [3.63, 3.8) is 0 Å². The maximum absolute atomic E-state index is 10.9. The molecule has 0 aliphatic heterocycles. The van der Waals surface area contributed by atoms with Gasteiger partial charge in [-0.25, -0.2) is 9.59 Å². The molecule has 2 N–H and O–H groups in total. The summed E-state index contributed by atoms with van der Waals surface area (Å²) in [6.07, 6.45) is 2.02. The first kappa shape index (κ1) is 8.98. The number of nitrogens with one attached hydrogen (secondary N) is 1. The molecule has 1 aromatic rings. The van der Waals surface area contributed by atoms with E-state index in [1.54, 1.807) is 0 Å². The summed E-state index contributed by atoms with van der Waals surface area (Å²) >= 11 is 0. The SMILES string of the molecule is C=Cn1cc(C(=O)O)c(=O)[nH]c1=O. The number of carboxylic acids is 1. The summed E-state index contributed by atoms with van der Waals surface area (Å²) in [4.78, 5) is 34.0. The highest BCUT2D eigenvalue weighted by Gasteiger charge is 2.09. The van der Waals surface area contributed by atoms with Gasteiger partial charge < -0.3 is 5.11 Å². The molecule has 0 unspecified atom stereocenters. The Hall–Kier alpha value is -2.11. The lowest BCUT2D eigenvalue weighted by molar-refractivity contribution is 0.0694. The number of rotatable bonds is 2. The number of aromatic amines is 1. The molecule has 0 spiro atoms. The molecule has 0 saturated heterocycles. The van der Waals surface area contributed by atoms with Crippen molar-refractivity contribution >= 4 is 12.2 Å². The summed E-state index contributed by atoms with van der Waals surface area (Å²) in [5.41, 5.74) is -2.14. The van der Waals surface area contributed by atoms with Crippen molar-refractivity contribution in [2.75, 3.05) is 0 Å². The average Bonchev–Trinajstić information content (AvgIpc) is 2.03. The Labute approximate surface area is 71.8 Å². The molecule has 1 rings (SSSR count). The van der Waals surface area contributed by atoms with Crippen LogP contribution < -0.4 is 11.2 Å². The molecule has 0 atom stereocenters. The largest absolute Gasteiger partial charge is 0.477 e. The molecule has 0 fully saturated rings. The molecule has 68 valence electrons. The number of carboxylic acid groups (broad SMARTS) is 1. The van der Waals surface area contributed by atoms with Gasteiger partial charge in [-0.3, -0.25) is 14.3 Å². The molecular weight excluding hydrogens is 176 g/mol. The quantitative estimate of drug-likeness (QED) is 0.634. The topological polar surface area (TPSA) is 92.2 Å². The molecule has 0 aliphatic rings. The third kappa shape index (κ3) is 1.56. The van der Waals surface area contributed by atoms with Crippen LogP contribution in [0.5, 0.6) is 0 Å². The van der Waals surface area contributed by atoms with Crippen LogP contribution in [0.3, 0.4) is 0 Å². The van der Waals surface area contributed by atoms with Gasteiger partial charge in [-0.2, -0.15) is 0 Å². The zero-order chi connectivity index (χ0) is 10.0. The number of hydrogen-bond acceptors (Lipinski definition) is 3. The lowest BCUT2D eigenvalue weighted by atomic mass is 10.3. The van der Waals surface area contributed by atoms with Gasteiger partial charge in [0, 0.05) is 12.4 Å². The second-order valence-corrected chi connectivity index (χ2v) is 2.20. The summed E-state index contributed by atoms with van der Waals surface area (Å²) in [6.45, 7) is 3.27. The minimum Gasteiger partial charge on any atom is -0.477 e. The average molecular weight is 182 g/mol. The first-order valence-electron chi connectivity index (χ1n) is 3.27. The minimum atomic E-state index is -1.39. The van der Waals surface area contributed by atoms with Crippen LogP contribution in [0.4, 0.5) is 0 Å². The van der Waals surface area contributed by atoms with E-state index in [1.807, 2.05) is 4.98 Å². The zero-order valence-electron chi connectivity index (χ0n) is 6.48. The Kier molecular flexibility index (Phi) is 2.14. The first-order valence-corrected chi connectivity index (χ1v) is 3.27. The number of hydrogen-bond donors (Lipinski definition) is 2. The van der Waals surface area contributed by atoms with E-state index in [9.17, 15) is 14.4 Å². The van der Waals surface area contributed by atoms with Gasteiger partial charge in [0.25, 0.3) is 5.56 Å². The molecule has 0 aliphatic carbocycles. The van der Waals surface area contributed by atoms with Crippen LogP contribution in [0, 0.1) is 0 Å². The van der Waals surface area contributed by atoms with Gasteiger partial charge in [0.05, 0.1) is 0 Å². The zero-order valence-corrected chi connectivity index (χ0v) is 6.48. The summed E-state index contributed by atoms with van der Waals surface area (Å²) < 4.78 is 0.880. The molecule has 0 amide bonds. The van der Waals surface area contributed by atoms with Gasteiger partial charge in [-0.1, -0.05) is 6.58 Å². The van der Waals surface area contributed by atoms with Crippen LogP contribution >= 0.6 is 0 Å². The summed E-state index contributed by atoms with van der Waals surface area (Å²) in [6, 6.07) is 0. The van der Waals surface area contributed by atoms with Gasteiger partial charge in [-0.05, 0) is 0 Å². The molecule has 13 heavy (non-hydrogen) atoms. The van der Waals surface area contributed by atoms with Gasteiger partial charge in [0.1, 0.15) is 5.56 Å². The number of aromatic carboxylic acids is 1. The van der Waals surface area contributed by atoms with E-state index in [4.69, 9.17) is 5.11 Å². The van der Waals surface area contributed by atoms with Gasteiger partial charge in [0.2, 0.25) is 0 Å². The predicted octanol–water partition coefficient (Wildman–Crippen LogP) is -0.665. The molecule has 1 aromatic heterocycles. The highest BCUT2D eigenvalue weighted by molar-refractivity contribution is 5.86. The van der Waals surface area contributed by atoms with Crippen molar-refractivity contribution in [3.05, 3.63) is 39.2 Å².